The summed E-state index contributed by atoms with van der Waals surface area (Å²) in [5.41, 5.74) is 0.917. The van der Waals surface area contributed by atoms with Crippen molar-refractivity contribution >= 4 is 16.9 Å². The molecule has 0 aromatic carbocycles. The lowest BCUT2D eigenvalue weighted by molar-refractivity contribution is 0.211. The number of thioether (sulfide) groups is 1. The SMILES string of the molecule is CC(C)(C)CC1CN=C(NC2CCCC(C)(C)C2)S1. The highest BCUT2D eigenvalue weighted by atomic mass is 32.2. The topological polar surface area (TPSA) is 24.4 Å². The Bertz CT molecular complexity index is 341. The van der Waals surface area contributed by atoms with Gasteiger partial charge in [0.1, 0.15) is 0 Å². The Labute approximate surface area is 123 Å². The molecule has 1 heterocycles. The highest BCUT2D eigenvalue weighted by Gasteiger charge is 2.30. The van der Waals surface area contributed by atoms with E-state index in [0.29, 0.717) is 22.1 Å². The van der Waals surface area contributed by atoms with Gasteiger partial charge in [0.2, 0.25) is 0 Å². The lowest BCUT2D eigenvalue weighted by atomic mass is 9.75. The molecule has 2 nitrogen and oxygen atoms in total. The van der Waals surface area contributed by atoms with Crippen LogP contribution < -0.4 is 5.32 Å². The number of amidine groups is 1. The average molecular weight is 282 g/mol. The molecule has 2 atom stereocenters. The summed E-state index contributed by atoms with van der Waals surface area (Å²) in [6.45, 7) is 12.8. The van der Waals surface area contributed by atoms with E-state index in [0.717, 1.165) is 6.54 Å². The normalized spacial score (nSPS) is 31.1. The van der Waals surface area contributed by atoms with Crippen LogP contribution in [-0.2, 0) is 0 Å². The third-order valence-corrected chi connectivity index (χ3v) is 5.21. The summed E-state index contributed by atoms with van der Waals surface area (Å²) >= 11 is 1.97. The van der Waals surface area contributed by atoms with Gasteiger partial charge in [-0.1, -0.05) is 52.8 Å². The molecular formula is C16H30N2S. The van der Waals surface area contributed by atoms with E-state index in [-0.39, 0.29) is 0 Å². The molecule has 1 N–H and O–H groups in total. The van der Waals surface area contributed by atoms with Gasteiger partial charge in [0.15, 0.2) is 5.17 Å². The van der Waals surface area contributed by atoms with Crippen LogP contribution in [-0.4, -0.2) is 23.0 Å². The number of aliphatic imine (C=N–C) groups is 1. The van der Waals surface area contributed by atoms with Gasteiger partial charge in [0.25, 0.3) is 0 Å². The highest BCUT2D eigenvalue weighted by molar-refractivity contribution is 8.14. The monoisotopic (exact) mass is 282 g/mol. The number of nitrogens with one attached hydrogen (secondary N) is 1. The Hall–Kier alpha value is -0.180. The molecule has 2 aliphatic rings. The maximum atomic E-state index is 4.71. The third kappa shape index (κ3) is 5.02. The average Bonchev–Trinajstić information content (AvgIpc) is 2.61. The molecule has 0 bridgehead atoms. The van der Waals surface area contributed by atoms with Crippen molar-refractivity contribution in [1.29, 1.82) is 0 Å². The zero-order valence-corrected chi connectivity index (χ0v) is 14.1. The van der Waals surface area contributed by atoms with Crippen LogP contribution in [0, 0.1) is 10.8 Å². The van der Waals surface area contributed by atoms with Gasteiger partial charge in [-0.25, -0.2) is 0 Å². The number of hydrogen-bond acceptors (Lipinski definition) is 3. The molecular weight excluding hydrogens is 252 g/mol. The van der Waals surface area contributed by atoms with Crippen molar-refractivity contribution in [2.75, 3.05) is 6.54 Å². The predicted molar refractivity (Wildman–Crippen MR) is 86.9 cm³/mol. The minimum atomic E-state index is 0.412. The maximum Gasteiger partial charge on any atom is 0.157 e. The lowest BCUT2D eigenvalue weighted by Gasteiger charge is -2.35. The molecule has 1 saturated carbocycles. The molecule has 2 unspecified atom stereocenters. The quantitative estimate of drug-likeness (QED) is 0.809. The minimum absolute atomic E-state index is 0.412. The Morgan fingerprint density at radius 1 is 1.37 bits per heavy atom. The molecule has 0 aromatic heterocycles. The van der Waals surface area contributed by atoms with Crippen LogP contribution in [0.25, 0.3) is 0 Å². The Morgan fingerprint density at radius 2 is 2.11 bits per heavy atom. The smallest absolute Gasteiger partial charge is 0.157 e. The van der Waals surface area contributed by atoms with Gasteiger partial charge in [-0.3, -0.25) is 4.99 Å². The molecule has 1 aliphatic carbocycles. The second kappa shape index (κ2) is 5.67. The van der Waals surface area contributed by atoms with Gasteiger partial charge in [-0.05, 0) is 36.5 Å². The molecule has 0 aromatic rings. The molecule has 2 rings (SSSR count). The molecule has 0 radical (unpaired) electrons. The van der Waals surface area contributed by atoms with Gasteiger partial charge in [0, 0.05) is 11.3 Å². The van der Waals surface area contributed by atoms with Crippen LogP contribution in [0.2, 0.25) is 0 Å². The Kier molecular flexibility index (Phi) is 4.54. The van der Waals surface area contributed by atoms with Crippen LogP contribution in [0.3, 0.4) is 0 Å². The Morgan fingerprint density at radius 3 is 2.74 bits per heavy atom. The van der Waals surface area contributed by atoms with Crippen LogP contribution in [0.4, 0.5) is 0 Å². The van der Waals surface area contributed by atoms with E-state index in [2.05, 4.69) is 39.9 Å². The van der Waals surface area contributed by atoms with Crippen molar-refractivity contribution in [3.05, 3.63) is 0 Å². The third-order valence-electron chi connectivity index (χ3n) is 4.09. The first-order valence-corrected chi connectivity index (χ1v) is 8.59. The zero-order valence-electron chi connectivity index (χ0n) is 13.3. The van der Waals surface area contributed by atoms with Crippen molar-refractivity contribution in [2.24, 2.45) is 15.8 Å². The van der Waals surface area contributed by atoms with Gasteiger partial charge in [-0.15, -0.1) is 0 Å². The summed E-state index contributed by atoms with van der Waals surface area (Å²) in [5, 5.41) is 5.59. The van der Waals surface area contributed by atoms with E-state index < -0.39 is 0 Å². The number of hydrogen-bond donors (Lipinski definition) is 1. The number of nitrogens with zero attached hydrogens (tertiary/aromatic N) is 1. The summed E-state index contributed by atoms with van der Waals surface area (Å²) in [5.74, 6) is 0. The molecule has 1 fully saturated rings. The fraction of sp³-hybridized carbons (Fsp3) is 0.938. The minimum Gasteiger partial charge on any atom is -0.362 e. The standard InChI is InChI=1S/C16H30N2S/c1-15(2,3)10-13-11-17-14(19-13)18-12-7-6-8-16(4,5)9-12/h12-13H,6-11H2,1-5H3,(H,17,18). The van der Waals surface area contributed by atoms with E-state index in [1.807, 2.05) is 11.8 Å². The van der Waals surface area contributed by atoms with Gasteiger partial charge >= 0.3 is 0 Å². The van der Waals surface area contributed by atoms with E-state index in [4.69, 9.17) is 4.99 Å². The van der Waals surface area contributed by atoms with Gasteiger partial charge in [0.05, 0.1) is 6.54 Å². The lowest BCUT2D eigenvalue weighted by Crippen LogP contribution is -2.39. The second-order valence-corrected chi connectivity index (χ2v) is 9.54. The molecule has 3 heteroatoms. The fourth-order valence-corrected chi connectivity index (χ4v) is 4.71. The molecule has 0 saturated heterocycles. The van der Waals surface area contributed by atoms with Crippen molar-refractivity contribution in [2.45, 2.75) is 78.0 Å². The Balaban J connectivity index is 1.79. The fourth-order valence-electron chi connectivity index (χ4n) is 3.28. The predicted octanol–water partition coefficient (Wildman–Crippen LogP) is 4.45. The van der Waals surface area contributed by atoms with E-state index >= 15 is 0 Å². The summed E-state index contributed by atoms with van der Waals surface area (Å²) < 4.78 is 0. The van der Waals surface area contributed by atoms with Crippen molar-refractivity contribution in [3.63, 3.8) is 0 Å². The summed E-state index contributed by atoms with van der Waals surface area (Å²) in [4.78, 5) is 4.71. The van der Waals surface area contributed by atoms with Gasteiger partial charge in [-0.2, -0.15) is 0 Å². The summed E-state index contributed by atoms with van der Waals surface area (Å²) in [6.07, 6.45) is 6.58. The van der Waals surface area contributed by atoms with E-state index in [1.54, 1.807) is 0 Å². The van der Waals surface area contributed by atoms with E-state index in [1.165, 1.54) is 37.3 Å². The van der Waals surface area contributed by atoms with Crippen LogP contribution in [0.15, 0.2) is 4.99 Å². The van der Waals surface area contributed by atoms with Gasteiger partial charge < -0.3 is 5.32 Å². The van der Waals surface area contributed by atoms with E-state index in [9.17, 15) is 0 Å². The van der Waals surface area contributed by atoms with Crippen molar-refractivity contribution in [3.8, 4) is 0 Å². The summed E-state index contributed by atoms with van der Waals surface area (Å²) in [6, 6.07) is 0.642. The second-order valence-electron chi connectivity index (χ2n) is 8.25. The highest BCUT2D eigenvalue weighted by Crippen LogP contribution is 2.36. The zero-order chi connectivity index (χ0) is 14.1. The maximum absolute atomic E-state index is 4.71. The van der Waals surface area contributed by atoms with Crippen molar-refractivity contribution < 1.29 is 0 Å². The molecule has 110 valence electrons. The summed E-state index contributed by atoms with van der Waals surface area (Å²) in [7, 11) is 0. The van der Waals surface area contributed by atoms with Crippen LogP contribution in [0.5, 0.6) is 0 Å². The molecule has 1 aliphatic heterocycles. The molecule has 19 heavy (non-hydrogen) atoms. The van der Waals surface area contributed by atoms with Crippen LogP contribution in [0.1, 0.15) is 66.7 Å². The molecule has 0 amide bonds. The first kappa shape index (κ1) is 15.2. The first-order chi connectivity index (χ1) is 8.73. The number of rotatable bonds is 2. The largest absolute Gasteiger partial charge is 0.362 e. The first-order valence-electron chi connectivity index (χ1n) is 7.71. The van der Waals surface area contributed by atoms with Crippen molar-refractivity contribution in [1.82, 2.24) is 5.32 Å². The van der Waals surface area contributed by atoms with Crippen LogP contribution >= 0.6 is 11.8 Å². The molecule has 0 spiro atoms.